The first-order valence-corrected chi connectivity index (χ1v) is 8.24. The Morgan fingerprint density at radius 1 is 1.50 bits per heavy atom. The van der Waals surface area contributed by atoms with Crippen LogP contribution >= 0.6 is 11.3 Å². The number of aromatic nitrogens is 1. The second-order valence-electron chi connectivity index (χ2n) is 6.04. The number of rotatable bonds is 6. The van der Waals surface area contributed by atoms with Gasteiger partial charge in [0.25, 0.3) is 5.91 Å². The number of hydrogen-bond acceptors (Lipinski definition) is 5. The van der Waals surface area contributed by atoms with Gasteiger partial charge in [-0.2, -0.15) is 0 Å². The molecule has 1 heterocycles. The Kier molecular flexibility index (Phi) is 3.58. The second-order valence-corrected chi connectivity index (χ2v) is 7.04. The molecule has 4 N–H and O–H groups in total. The maximum atomic E-state index is 12.2. The molecule has 20 heavy (non-hydrogen) atoms. The highest BCUT2D eigenvalue weighted by Gasteiger charge is 2.40. The molecule has 0 unspecified atom stereocenters. The van der Waals surface area contributed by atoms with Gasteiger partial charge in [-0.3, -0.25) is 4.79 Å². The molecule has 0 saturated heterocycles. The summed E-state index contributed by atoms with van der Waals surface area (Å²) in [6.07, 6.45) is 7.19. The number of nitrogens with two attached hydrogens (primary N) is 1. The van der Waals surface area contributed by atoms with E-state index in [0.29, 0.717) is 22.2 Å². The van der Waals surface area contributed by atoms with Crippen LogP contribution < -0.4 is 16.4 Å². The summed E-state index contributed by atoms with van der Waals surface area (Å²) in [6, 6.07) is 0.506. The van der Waals surface area contributed by atoms with Gasteiger partial charge in [-0.05, 0) is 43.9 Å². The molecule has 2 fully saturated rings. The number of carbonyl (C=O) groups excluding carboxylic acids is 1. The molecule has 0 spiro atoms. The zero-order chi connectivity index (χ0) is 14.2. The molecular formula is C14H22N4OS. The van der Waals surface area contributed by atoms with Crippen LogP contribution in [0.1, 0.15) is 55.1 Å². The van der Waals surface area contributed by atoms with Crippen molar-refractivity contribution in [1.29, 1.82) is 0 Å². The first-order chi connectivity index (χ1) is 9.62. The van der Waals surface area contributed by atoms with Crippen molar-refractivity contribution in [2.75, 3.05) is 17.6 Å². The third-order valence-electron chi connectivity index (χ3n) is 4.62. The Bertz CT molecular complexity index is 505. The molecule has 0 bridgehead atoms. The van der Waals surface area contributed by atoms with Gasteiger partial charge in [-0.25, -0.2) is 4.98 Å². The average Bonchev–Trinajstić information content (AvgIpc) is 3.08. The van der Waals surface area contributed by atoms with E-state index in [4.69, 9.17) is 5.73 Å². The van der Waals surface area contributed by atoms with E-state index in [1.54, 1.807) is 0 Å². The molecule has 3 rings (SSSR count). The third kappa shape index (κ3) is 2.75. The molecule has 0 atom stereocenters. The van der Waals surface area contributed by atoms with Gasteiger partial charge in [0.2, 0.25) is 0 Å². The van der Waals surface area contributed by atoms with Crippen LogP contribution in [0.2, 0.25) is 0 Å². The molecule has 0 aliphatic heterocycles. The number of anilines is 2. The zero-order valence-electron chi connectivity index (χ0n) is 11.9. The molecule has 2 aliphatic rings. The van der Waals surface area contributed by atoms with Gasteiger partial charge >= 0.3 is 0 Å². The van der Waals surface area contributed by atoms with Crippen LogP contribution in [0.4, 0.5) is 10.9 Å². The molecular weight excluding hydrogens is 272 g/mol. The van der Waals surface area contributed by atoms with E-state index < -0.39 is 0 Å². The molecule has 1 amide bonds. The molecule has 110 valence electrons. The minimum Gasteiger partial charge on any atom is -0.382 e. The SMILES string of the molecule is CCC1(CNC(=O)c2sc(NC3CCC3)nc2N)CC1. The van der Waals surface area contributed by atoms with Crippen LogP contribution in [0.25, 0.3) is 0 Å². The smallest absolute Gasteiger partial charge is 0.265 e. The van der Waals surface area contributed by atoms with Crippen molar-refractivity contribution in [3.8, 4) is 0 Å². The normalized spacial score (nSPS) is 20.2. The van der Waals surface area contributed by atoms with Crippen LogP contribution in [0.15, 0.2) is 0 Å². The topological polar surface area (TPSA) is 80.0 Å². The molecule has 2 saturated carbocycles. The number of nitrogens with one attached hydrogen (secondary N) is 2. The van der Waals surface area contributed by atoms with Crippen LogP contribution in [-0.4, -0.2) is 23.5 Å². The van der Waals surface area contributed by atoms with Gasteiger partial charge in [0, 0.05) is 12.6 Å². The summed E-state index contributed by atoms with van der Waals surface area (Å²) in [6.45, 7) is 2.94. The molecule has 6 heteroatoms. The lowest BCUT2D eigenvalue weighted by Crippen LogP contribution is -2.29. The van der Waals surface area contributed by atoms with E-state index in [2.05, 4.69) is 22.5 Å². The highest BCUT2D eigenvalue weighted by Crippen LogP contribution is 2.47. The summed E-state index contributed by atoms with van der Waals surface area (Å²) in [7, 11) is 0. The van der Waals surface area contributed by atoms with Crippen molar-refractivity contribution >= 4 is 28.2 Å². The summed E-state index contributed by atoms with van der Waals surface area (Å²) in [4.78, 5) is 17.0. The Labute approximate surface area is 123 Å². The van der Waals surface area contributed by atoms with Crippen molar-refractivity contribution in [3.05, 3.63) is 4.88 Å². The average molecular weight is 294 g/mol. The van der Waals surface area contributed by atoms with Crippen molar-refractivity contribution in [1.82, 2.24) is 10.3 Å². The number of thiazole rings is 1. The van der Waals surface area contributed by atoms with Crippen molar-refractivity contribution in [3.63, 3.8) is 0 Å². The van der Waals surface area contributed by atoms with Gasteiger partial charge in [0.1, 0.15) is 10.7 Å². The summed E-state index contributed by atoms with van der Waals surface area (Å²) >= 11 is 1.36. The largest absolute Gasteiger partial charge is 0.382 e. The quantitative estimate of drug-likeness (QED) is 0.753. The van der Waals surface area contributed by atoms with E-state index in [0.717, 1.165) is 18.1 Å². The number of nitrogen functional groups attached to an aromatic ring is 1. The van der Waals surface area contributed by atoms with E-state index in [9.17, 15) is 4.79 Å². The van der Waals surface area contributed by atoms with Crippen LogP contribution in [0.3, 0.4) is 0 Å². The maximum absolute atomic E-state index is 12.2. The second kappa shape index (κ2) is 5.24. The predicted molar refractivity (Wildman–Crippen MR) is 82.1 cm³/mol. The van der Waals surface area contributed by atoms with E-state index >= 15 is 0 Å². The van der Waals surface area contributed by atoms with E-state index in [-0.39, 0.29) is 5.91 Å². The Balaban J connectivity index is 1.59. The summed E-state index contributed by atoms with van der Waals surface area (Å²) in [5, 5.41) is 7.12. The highest BCUT2D eigenvalue weighted by molar-refractivity contribution is 7.18. The fourth-order valence-electron chi connectivity index (χ4n) is 2.46. The Morgan fingerprint density at radius 2 is 2.25 bits per heavy atom. The summed E-state index contributed by atoms with van der Waals surface area (Å²) < 4.78 is 0. The summed E-state index contributed by atoms with van der Waals surface area (Å²) in [5.74, 6) is 0.261. The fraction of sp³-hybridized carbons (Fsp3) is 0.714. The van der Waals surface area contributed by atoms with Gasteiger partial charge < -0.3 is 16.4 Å². The lowest BCUT2D eigenvalue weighted by atomic mass is 9.93. The van der Waals surface area contributed by atoms with E-state index in [1.807, 2.05) is 0 Å². The molecule has 0 radical (unpaired) electrons. The first-order valence-electron chi connectivity index (χ1n) is 7.43. The zero-order valence-corrected chi connectivity index (χ0v) is 12.7. The highest BCUT2D eigenvalue weighted by atomic mass is 32.1. The van der Waals surface area contributed by atoms with Crippen LogP contribution in [-0.2, 0) is 0 Å². The number of nitrogens with zero attached hydrogens (tertiary/aromatic N) is 1. The number of hydrogen-bond donors (Lipinski definition) is 3. The lowest BCUT2D eigenvalue weighted by Gasteiger charge is -2.25. The molecule has 2 aliphatic carbocycles. The monoisotopic (exact) mass is 294 g/mol. The Morgan fingerprint density at radius 3 is 2.80 bits per heavy atom. The lowest BCUT2D eigenvalue weighted by molar-refractivity contribution is 0.0949. The first kappa shape index (κ1) is 13.7. The minimum absolute atomic E-state index is 0.0821. The van der Waals surface area contributed by atoms with Crippen molar-refractivity contribution < 1.29 is 4.79 Å². The van der Waals surface area contributed by atoms with Crippen LogP contribution in [0.5, 0.6) is 0 Å². The molecule has 0 aromatic carbocycles. The molecule has 5 nitrogen and oxygen atoms in total. The Hall–Kier alpha value is -1.30. The number of amides is 1. The van der Waals surface area contributed by atoms with Gasteiger partial charge in [-0.1, -0.05) is 18.3 Å². The molecule has 1 aromatic rings. The minimum atomic E-state index is -0.0821. The van der Waals surface area contributed by atoms with Gasteiger partial charge in [0.15, 0.2) is 5.13 Å². The van der Waals surface area contributed by atoms with Crippen molar-refractivity contribution in [2.45, 2.75) is 51.5 Å². The maximum Gasteiger partial charge on any atom is 0.265 e. The van der Waals surface area contributed by atoms with Gasteiger partial charge in [-0.15, -0.1) is 0 Å². The van der Waals surface area contributed by atoms with Crippen LogP contribution in [0, 0.1) is 5.41 Å². The summed E-state index contributed by atoms with van der Waals surface area (Å²) in [5.41, 5.74) is 6.21. The third-order valence-corrected chi connectivity index (χ3v) is 5.62. The van der Waals surface area contributed by atoms with E-state index in [1.165, 1.54) is 43.4 Å². The number of carbonyl (C=O) groups is 1. The van der Waals surface area contributed by atoms with Crippen molar-refractivity contribution in [2.24, 2.45) is 5.41 Å². The van der Waals surface area contributed by atoms with Gasteiger partial charge in [0.05, 0.1) is 0 Å². The standard InChI is InChI=1S/C14H22N4OS/c1-2-14(6-7-14)8-16-12(19)10-11(15)18-13(20-10)17-9-4-3-5-9/h9H,2-8,15H2,1H3,(H,16,19)(H,17,18). The fourth-order valence-corrected chi connectivity index (χ4v) is 3.34. The molecule has 1 aromatic heterocycles. The predicted octanol–water partition coefficient (Wildman–Crippen LogP) is 2.61.